The molecule has 1 aliphatic rings. The zero-order valence-electron chi connectivity index (χ0n) is 11.4. The molecule has 1 heteroatoms. The number of hydrogen-bond donors (Lipinski definition) is 1. The largest absolute Gasteiger partial charge is 0.386 e. The van der Waals surface area contributed by atoms with Gasteiger partial charge in [0.2, 0.25) is 0 Å². The second-order valence-corrected chi connectivity index (χ2v) is 5.70. The predicted octanol–water partition coefficient (Wildman–Crippen LogP) is 4.99. The zero-order chi connectivity index (χ0) is 12.4. The lowest BCUT2D eigenvalue weighted by Gasteiger charge is -2.24. The van der Waals surface area contributed by atoms with Crippen molar-refractivity contribution in [3.63, 3.8) is 0 Å². The predicted molar refractivity (Wildman–Crippen MR) is 75.2 cm³/mol. The third kappa shape index (κ3) is 6.88. The standard InChI is InChI=1S/C16H30O/c1-2-16(17)14-12-10-8-6-4-3-5-7-9-11-13-15-16/h2,17H,1,3-15H2. The lowest BCUT2D eigenvalue weighted by Crippen LogP contribution is -2.25. The highest BCUT2D eigenvalue weighted by atomic mass is 16.3. The highest BCUT2D eigenvalue weighted by molar-refractivity contribution is 4.95. The van der Waals surface area contributed by atoms with Gasteiger partial charge in [-0.15, -0.1) is 6.58 Å². The van der Waals surface area contributed by atoms with Crippen LogP contribution in [0.3, 0.4) is 0 Å². The van der Waals surface area contributed by atoms with Crippen molar-refractivity contribution in [1.82, 2.24) is 0 Å². The van der Waals surface area contributed by atoms with E-state index in [1.54, 1.807) is 6.08 Å². The van der Waals surface area contributed by atoms with Gasteiger partial charge in [0, 0.05) is 0 Å². The van der Waals surface area contributed by atoms with Crippen molar-refractivity contribution in [2.45, 2.75) is 89.1 Å². The maximum absolute atomic E-state index is 10.4. The summed E-state index contributed by atoms with van der Waals surface area (Å²) in [6, 6.07) is 0. The van der Waals surface area contributed by atoms with Gasteiger partial charge in [-0.2, -0.15) is 0 Å². The van der Waals surface area contributed by atoms with Crippen molar-refractivity contribution in [2.75, 3.05) is 0 Å². The molecule has 0 aromatic heterocycles. The van der Waals surface area contributed by atoms with E-state index in [4.69, 9.17) is 0 Å². The summed E-state index contributed by atoms with van der Waals surface area (Å²) < 4.78 is 0. The molecule has 0 aliphatic heterocycles. The first-order chi connectivity index (χ1) is 8.27. The number of rotatable bonds is 1. The maximum Gasteiger partial charge on any atom is 0.0825 e. The number of aliphatic hydroxyl groups is 1. The molecule has 1 nitrogen and oxygen atoms in total. The summed E-state index contributed by atoms with van der Waals surface area (Å²) >= 11 is 0. The minimum absolute atomic E-state index is 0.579. The molecule has 1 fully saturated rings. The van der Waals surface area contributed by atoms with E-state index in [-0.39, 0.29) is 0 Å². The van der Waals surface area contributed by atoms with Crippen molar-refractivity contribution in [3.05, 3.63) is 12.7 Å². The molecule has 0 radical (unpaired) electrons. The van der Waals surface area contributed by atoms with Gasteiger partial charge < -0.3 is 5.11 Å². The summed E-state index contributed by atoms with van der Waals surface area (Å²) in [5.41, 5.74) is -0.579. The van der Waals surface area contributed by atoms with Crippen molar-refractivity contribution in [3.8, 4) is 0 Å². The molecule has 1 N–H and O–H groups in total. The van der Waals surface area contributed by atoms with Crippen molar-refractivity contribution in [2.24, 2.45) is 0 Å². The Hall–Kier alpha value is -0.300. The van der Waals surface area contributed by atoms with Crippen LogP contribution in [0.5, 0.6) is 0 Å². The molecule has 0 aromatic carbocycles. The van der Waals surface area contributed by atoms with Crippen LogP contribution in [0.25, 0.3) is 0 Å². The molecule has 0 amide bonds. The summed E-state index contributed by atoms with van der Waals surface area (Å²) in [7, 11) is 0. The Morgan fingerprint density at radius 3 is 1.24 bits per heavy atom. The Labute approximate surface area is 107 Å². The molecule has 0 heterocycles. The van der Waals surface area contributed by atoms with E-state index >= 15 is 0 Å². The van der Waals surface area contributed by atoms with Gasteiger partial charge in [0.25, 0.3) is 0 Å². The van der Waals surface area contributed by atoms with Gasteiger partial charge in [-0.3, -0.25) is 0 Å². The topological polar surface area (TPSA) is 20.2 Å². The molecular weight excluding hydrogens is 208 g/mol. The second kappa shape index (κ2) is 8.74. The highest BCUT2D eigenvalue weighted by Gasteiger charge is 2.21. The fraction of sp³-hybridized carbons (Fsp3) is 0.875. The van der Waals surface area contributed by atoms with E-state index in [0.717, 1.165) is 25.7 Å². The Morgan fingerprint density at radius 2 is 0.941 bits per heavy atom. The molecule has 0 unspecified atom stereocenters. The van der Waals surface area contributed by atoms with Crippen LogP contribution in [-0.2, 0) is 0 Å². The normalized spacial score (nSPS) is 24.8. The fourth-order valence-electron chi connectivity index (χ4n) is 2.78. The molecule has 0 atom stereocenters. The third-order valence-corrected chi connectivity index (χ3v) is 4.10. The van der Waals surface area contributed by atoms with Gasteiger partial charge in [-0.25, -0.2) is 0 Å². The lowest BCUT2D eigenvalue weighted by atomic mass is 9.89. The van der Waals surface area contributed by atoms with E-state index in [1.807, 2.05) is 0 Å². The van der Waals surface area contributed by atoms with Crippen molar-refractivity contribution >= 4 is 0 Å². The lowest BCUT2D eigenvalue weighted by molar-refractivity contribution is 0.0665. The van der Waals surface area contributed by atoms with Crippen LogP contribution < -0.4 is 0 Å². The molecule has 17 heavy (non-hydrogen) atoms. The molecule has 1 saturated carbocycles. The van der Waals surface area contributed by atoms with E-state index in [2.05, 4.69) is 6.58 Å². The number of hydrogen-bond acceptors (Lipinski definition) is 1. The van der Waals surface area contributed by atoms with Crippen LogP contribution in [0, 0.1) is 0 Å². The van der Waals surface area contributed by atoms with Gasteiger partial charge >= 0.3 is 0 Å². The summed E-state index contributed by atoms with van der Waals surface area (Å²) in [4.78, 5) is 0. The Kier molecular flexibility index (Phi) is 7.59. The summed E-state index contributed by atoms with van der Waals surface area (Å²) in [5, 5.41) is 10.4. The molecular formula is C16H30O. The van der Waals surface area contributed by atoms with Crippen LogP contribution >= 0.6 is 0 Å². The molecule has 0 bridgehead atoms. The Bertz CT molecular complexity index is 184. The average Bonchev–Trinajstić information content (AvgIpc) is 2.34. The average molecular weight is 238 g/mol. The zero-order valence-corrected chi connectivity index (χ0v) is 11.4. The van der Waals surface area contributed by atoms with Crippen molar-refractivity contribution < 1.29 is 5.11 Å². The van der Waals surface area contributed by atoms with Gasteiger partial charge in [0.05, 0.1) is 5.60 Å². The molecule has 1 rings (SSSR count). The molecule has 1 aliphatic carbocycles. The molecule has 100 valence electrons. The fourth-order valence-corrected chi connectivity index (χ4v) is 2.78. The summed E-state index contributed by atoms with van der Waals surface area (Å²) in [6.07, 6.45) is 18.1. The van der Waals surface area contributed by atoms with E-state index in [1.165, 1.54) is 57.8 Å². The second-order valence-electron chi connectivity index (χ2n) is 5.70. The van der Waals surface area contributed by atoms with Crippen LogP contribution in [0.4, 0.5) is 0 Å². The van der Waals surface area contributed by atoms with Crippen LogP contribution in [0.2, 0.25) is 0 Å². The summed E-state index contributed by atoms with van der Waals surface area (Å²) in [6.45, 7) is 3.81. The van der Waals surface area contributed by atoms with E-state index in [9.17, 15) is 5.11 Å². The van der Waals surface area contributed by atoms with Crippen LogP contribution in [0.15, 0.2) is 12.7 Å². The monoisotopic (exact) mass is 238 g/mol. The minimum Gasteiger partial charge on any atom is -0.386 e. The smallest absolute Gasteiger partial charge is 0.0825 e. The molecule has 0 spiro atoms. The first kappa shape index (κ1) is 14.8. The summed E-state index contributed by atoms with van der Waals surface area (Å²) in [5.74, 6) is 0. The molecule has 0 aromatic rings. The van der Waals surface area contributed by atoms with E-state index < -0.39 is 5.60 Å². The van der Waals surface area contributed by atoms with Gasteiger partial charge in [0.1, 0.15) is 0 Å². The minimum atomic E-state index is -0.579. The van der Waals surface area contributed by atoms with Crippen molar-refractivity contribution in [1.29, 1.82) is 0 Å². The maximum atomic E-state index is 10.4. The highest BCUT2D eigenvalue weighted by Crippen LogP contribution is 2.25. The Balaban J connectivity index is 2.32. The van der Waals surface area contributed by atoms with Crippen LogP contribution in [0.1, 0.15) is 83.5 Å². The van der Waals surface area contributed by atoms with Gasteiger partial charge in [-0.05, 0) is 12.8 Å². The van der Waals surface area contributed by atoms with Gasteiger partial charge in [-0.1, -0.05) is 76.7 Å². The first-order valence-electron chi connectivity index (χ1n) is 7.63. The SMILES string of the molecule is C=CC1(O)CCCCCCCCCCCCC1. The van der Waals surface area contributed by atoms with Gasteiger partial charge in [0.15, 0.2) is 0 Å². The quantitative estimate of drug-likeness (QED) is 0.638. The van der Waals surface area contributed by atoms with E-state index in [0.29, 0.717) is 0 Å². The first-order valence-corrected chi connectivity index (χ1v) is 7.63. The molecule has 0 saturated heterocycles. The Morgan fingerprint density at radius 1 is 0.647 bits per heavy atom. The van der Waals surface area contributed by atoms with Crippen LogP contribution in [-0.4, -0.2) is 10.7 Å². The third-order valence-electron chi connectivity index (χ3n) is 4.10.